The van der Waals surface area contributed by atoms with Crippen molar-refractivity contribution in [2.75, 3.05) is 18.5 Å². The van der Waals surface area contributed by atoms with Gasteiger partial charge in [0.05, 0.1) is 37.1 Å². The van der Waals surface area contributed by atoms with E-state index >= 15 is 0 Å². The third-order valence-corrected chi connectivity index (χ3v) is 8.82. The molecular formula is C35H40ClNO12. The van der Waals surface area contributed by atoms with E-state index in [2.05, 4.69) is 5.32 Å². The Bertz CT molecular complexity index is 1520. The van der Waals surface area contributed by atoms with Gasteiger partial charge in [0, 0.05) is 12.5 Å². The zero-order valence-corrected chi connectivity index (χ0v) is 27.4. The number of halogens is 1. The molecule has 1 amide bonds. The number of hydrogen-bond donors (Lipinski definition) is 5. The summed E-state index contributed by atoms with van der Waals surface area (Å²) in [6, 6.07) is 23.5. The highest BCUT2D eigenvalue weighted by Gasteiger charge is 2.53. The lowest BCUT2D eigenvalue weighted by Crippen LogP contribution is -2.66. The predicted octanol–water partition coefficient (Wildman–Crippen LogP) is 2.42. The van der Waals surface area contributed by atoms with Crippen LogP contribution in [0.2, 0.25) is 5.02 Å². The lowest BCUT2D eigenvalue weighted by molar-refractivity contribution is -0.386. The van der Waals surface area contributed by atoms with Crippen molar-refractivity contribution in [1.82, 2.24) is 0 Å². The van der Waals surface area contributed by atoms with Crippen LogP contribution in [0.5, 0.6) is 0 Å². The highest BCUT2D eigenvalue weighted by molar-refractivity contribution is 6.33. The van der Waals surface area contributed by atoms with Crippen molar-refractivity contribution in [2.45, 2.75) is 87.8 Å². The van der Waals surface area contributed by atoms with Crippen molar-refractivity contribution in [2.24, 2.45) is 0 Å². The van der Waals surface area contributed by atoms with Gasteiger partial charge in [0.15, 0.2) is 18.9 Å². The Kier molecular flexibility index (Phi) is 11.9. The van der Waals surface area contributed by atoms with Crippen LogP contribution in [0.4, 0.5) is 5.69 Å². The fourth-order valence-electron chi connectivity index (χ4n) is 5.96. The van der Waals surface area contributed by atoms with Gasteiger partial charge in [-0.2, -0.15) is 0 Å². The van der Waals surface area contributed by atoms with E-state index in [1.54, 1.807) is 18.2 Å². The standard InChI is InChI=1S/C35H40ClNO12/c1-19(38)37-24-14-21(12-13-23(24)36)16-44-34-29(41)27(39)31(25(46-34)17-43-15-20-8-4-2-5-9-20)49-35-30(42)28(40)32-26(47-35)18-45-33(48-32)22-10-6-3-7-11-22/h2-14,25-35,39-42H,15-18H2,1H3,(H,37,38)/t25-,26-,27-,28-,29-,30-,31-,32-,33?,34-,35-/m1/s1. The summed E-state index contributed by atoms with van der Waals surface area (Å²) in [6.45, 7) is 1.45. The van der Waals surface area contributed by atoms with Crippen molar-refractivity contribution in [3.8, 4) is 0 Å². The molecule has 3 aromatic carbocycles. The first kappa shape index (κ1) is 35.8. The van der Waals surface area contributed by atoms with Gasteiger partial charge < -0.3 is 58.9 Å². The normalized spacial score (nSPS) is 33.1. The average molecular weight is 702 g/mol. The largest absolute Gasteiger partial charge is 0.387 e. The number of aliphatic hydroxyl groups is 4. The Morgan fingerprint density at radius 3 is 2.29 bits per heavy atom. The van der Waals surface area contributed by atoms with E-state index in [9.17, 15) is 25.2 Å². The van der Waals surface area contributed by atoms with Gasteiger partial charge in [0.2, 0.25) is 5.91 Å². The van der Waals surface area contributed by atoms with Crippen LogP contribution in [0.15, 0.2) is 78.9 Å². The SMILES string of the molecule is CC(=O)Nc1cc(CO[C@@H]2O[C@H](COCc3ccccc3)[C@@H](O[C@H]3O[C@@H]4COC(c5ccccc5)O[C@H]4[C@H](O)[C@H]3O)[C@H](O)[C@H]2O)ccc1Cl. The number of rotatable bonds is 11. The van der Waals surface area contributed by atoms with Gasteiger partial charge in [-0.05, 0) is 23.3 Å². The summed E-state index contributed by atoms with van der Waals surface area (Å²) in [7, 11) is 0. The summed E-state index contributed by atoms with van der Waals surface area (Å²) < 4.78 is 41.8. The van der Waals surface area contributed by atoms with Crippen molar-refractivity contribution in [3.05, 3.63) is 101 Å². The number of ether oxygens (including phenoxy) is 7. The molecule has 0 spiro atoms. The van der Waals surface area contributed by atoms with Crippen LogP contribution in [0, 0.1) is 0 Å². The maximum absolute atomic E-state index is 11.6. The molecular weight excluding hydrogens is 662 g/mol. The average Bonchev–Trinajstić information content (AvgIpc) is 3.11. The maximum Gasteiger partial charge on any atom is 0.221 e. The number of carbonyl (C=O) groups excluding carboxylic acids is 1. The molecule has 0 bridgehead atoms. The summed E-state index contributed by atoms with van der Waals surface area (Å²) in [4.78, 5) is 11.6. The smallest absolute Gasteiger partial charge is 0.221 e. The second kappa shape index (κ2) is 16.3. The van der Waals surface area contributed by atoms with E-state index in [1.807, 2.05) is 60.7 Å². The summed E-state index contributed by atoms with van der Waals surface area (Å²) in [6.07, 6.45) is -13.7. The Labute approximate surface area is 288 Å². The third kappa shape index (κ3) is 8.66. The molecule has 1 unspecified atom stereocenters. The molecule has 0 aliphatic carbocycles. The fraction of sp³-hybridized carbons (Fsp3) is 0.457. The minimum Gasteiger partial charge on any atom is -0.387 e. The Hall–Kier alpha value is -3.02. The zero-order valence-electron chi connectivity index (χ0n) is 26.6. The number of fused-ring (bicyclic) bond motifs is 1. The molecule has 5 N–H and O–H groups in total. The van der Waals surface area contributed by atoms with E-state index in [0.29, 0.717) is 16.3 Å². The molecule has 49 heavy (non-hydrogen) atoms. The van der Waals surface area contributed by atoms with Crippen LogP contribution < -0.4 is 5.32 Å². The molecule has 264 valence electrons. The predicted molar refractivity (Wildman–Crippen MR) is 173 cm³/mol. The summed E-state index contributed by atoms with van der Waals surface area (Å²) in [5.74, 6) is -0.298. The molecule has 14 heteroatoms. The summed E-state index contributed by atoms with van der Waals surface area (Å²) in [5, 5.41) is 47.6. The Morgan fingerprint density at radius 2 is 1.55 bits per heavy atom. The number of carbonyl (C=O) groups is 1. The molecule has 3 saturated heterocycles. The van der Waals surface area contributed by atoms with Crippen LogP contribution in [0.3, 0.4) is 0 Å². The highest BCUT2D eigenvalue weighted by Crippen LogP contribution is 2.36. The quantitative estimate of drug-likeness (QED) is 0.198. The second-order valence-electron chi connectivity index (χ2n) is 12.1. The van der Waals surface area contributed by atoms with Gasteiger partial charge in [0.1, 0.15) is 48.8 Å². The van der Waals surface area contributed by atoms with E-state index < -0.39 is 67.7 Å². The second-order valence-corrected chi connectivity index (χ2v) is 12.5. The van der Waals surface area contributed by atoms with Crippen LogP contribution in [0.25, 0.3) is 0 Å². The number of nitrogens with one attached hydrogen (secondary N) is 1. The zero-order chi connectivity index (χ0) is 34.5. The van der Waals surface area contributed by atoms with Gasteiger partial charge in [-0.3, -0.25) is 4.79 Å². The molecule has 13 nitrogen and oxygen atoms in total. The lowest BCUT2D eigenvalue weighted by atomic mass is 9.96. The van der Waals surface area contributed by atoms with Gasteiger partial charge in [0.25, 0.3) is 0 Å². The van der Waals surface area contributed by atoms with E-state index in [-0.39, 0.29) is 32.3 Å². The van der Waals surface area contributed by atoms with Crippen LogP contribution in [0.1, 0.15) is 29.9 Å². The monoisotopic (exact) mass is 701 g/mol. The summed E-state index contributed by atoms with van der Waals surface area (Å²) in [5.41, 5.74) is 2.65. The van der Waals surface area contributed by atoms with Gasteiger partial charge in [-0.15, -0.1) is 0 Å². The molecule has 3 aliphatic heterocycles. The molecule has 3 fully saturated rings. The Morgan fingerprint density at radius 1 is 0.837 bits per heavy atom. The topological polar surface area (TPSA) is 175 Å². The minimum atomic E-state index is -1.59. The number of hydrogen-bond acceptors (Lipinski definition) is 12. The number of amides is 1. The van der Waals surface area contributed by atoms with Gasteiger partial charge in [-0.1, -0.05) is 78.3 Å². The first-order valence-corrected chi connectivity index (χ1v) is 16.4. The molecule has 0 aromatic heterocycles. The highest BCUT2D eigenvalue weighted by atomic mass is 35.5. The van der Waals surface area contributed by atoms with Crippen molar-refractivity contribution in [1.29, 1.82) is 0 Å². The molecule has 3 aliphatic rings. The number of benzene rings is 3. The van der Waals surface area contributed by atoms with E-state index in [4.69, 9.17) is 44.8 Å². The van der Waals surface area contributed by atoms with Crippen molar-refractivity contribution >= 4 is 23.2 Å². The third-order valence-electron chi connectivity index (χ3n) is 8.49. The molecule has 3 heterocycles. The molecule has 11 atom stereocenters. The first-order chi connectivity index (χ1) is 23.7. The van der Waals surface area contributed by atoms with Crippen LogP contribution in [-0.4, -0.2) is 101 Å². The van der Waals surface area contributed by atoms with Crippen molar-refractivity contribution in [3.63, 3.8) is 0 Å². The molecule has 0 saturated carbocycles. The lowest BCUT2D eigenvalue weighted by Gasteiger charge is -2.48. The summed E-state index contributed by atoms with van der Waals surface area (Å²) >= 11 is 6.19. The Balaban J connectivity index is 1.14. The maximum atomic E-state index is 11.6. The molecule has 3 aromatic rings. The van der Waals surface area contributed by atoms with Crippen molar-refractivity contribution < 1.29 is 58.4 Å². The minimum absolute atomic E-state index is 0.0358. The number of anilines is 1. The fourth-order valence-corrected chi connectivity index (χ4v) is 6.13. The van der Waals surface area contributed by atoms with Gasteiger partial charge in [-0.25, -0.2) is 0 Å². The van der Waals surface area contributed by atoms with E-state index in [1.165, 1.54) is 6.92 Å². The molecule has 6 rings (SSSR count). The van der Waals surface area contributed by atoms with E-state index in [0.717, 1.165) is 11.1 Å². The van der Waals surface area contributed by atoms with Crippen LogP contribution >= 0.6 is 11.6 Å². The first-order valence-electron chi connectivity index (χ1n) is 16.0. The molecule has 0 radical (unpaired) electrons. The van der Waals surface area contributed by atoms with Gasteiger partial charge >= 0.3 is 0 Å². The van der Waals surface area contributed by atoms with Crippen LogP contribution in [-0.2, 0) is 51.2 Å². The number of aliphatic hydroxyl groups excluding tert-OH is 4.